The van der Waals surface area contributed by atoms with Crippen LogP contribution >= 0.6 is 23.1 Å². The van der Waals surface area contributed by atoms with Crippen molar-refractivity contribution in [2.75, 3.05) is 19.3 Å². The summed E-state index contributed by atoms with van der Waals surface area (Å²) in [6.45, 7) is 4.54. The summed E-state index contributed by atoms with van der Waals surface area (Å²) in [5.41, 5.74) is 1.46. The lowest BCUT2D eigenvalue weighted by Crippen LogP contribution is -2.20. The van der Waals surface area contributed by atoms with Gasteiger partial charge in [0.2, 0.25) is 0 Å². The molecule has 0 aromatic carbocycles. The first-order valence-electron chi connectivity index (χ1n) is 5.07. The van der Waals surface area contributed by atoms with E-state index in [0.29, 0.717) is 0 Å². The fraction of sp³-hybridized carbons (Fsp3) is 0.636. The largest absolute Gasteiger partial charge is 0.316 e. The van der Waals surface area contributed by atoms with Crippen molar-refractivity contribution in [3.63, 3.8) is 0 Å². The van der Waals surface area contributed by atoms with E-state index >= 15 is 0 Å². The molecule has 1 heterocycles. The summed E-state index contributed by atoms with van der Waals surface area (Å²) >= 11 is 3.72. The normalized spacial score (nSPS) is 13.0. The molecule has 14 heavy (non-hydrogen) atoms. The van der Waals surface area contributed by atoms with Gasteiger partial charge in [-0.15, -0.1) is 0 Å². The van der Waals surface area contributed by atoms with Gasteiger partial charge in [0.15, 0.2) is 0 Å². The zero-order valence-corrected chi connectivity index (χ0v) is 10.6. The van der Waals surface area contributed by atoms with Crippen molar-refractivity contribution >= 4 is 23.1 Å². The third kappa shape index (κ3) is 5.03. The highest BCUT2D eigenvalue weighted by Crippen LogP contribution is 2.08. The minimum atomic E-state index is 0.781. The number of rotatable bonds is 7. The van der Waals surface area contributed by atoms with Gasteiger partial charge in [0, 0.05) is 5.25 Å². The second kappa shape index (κ2) is 7.32. The third-order valence-electron chi connectivity index (χ3n) is 2.30. The van der Waals surface area contributed by atoms with Gasteiger partial charge in [-0.1, -0.05) is 6.92 Å². The summed E-state index contributed by atoms with van der Waals surface area (Å²) < 4.78 is 0. The quantitative estimate of drug-likeness (QED) is 0.721. The zero-order valence-electron chi connectivity index (χ0n) is 8.95. The van der Waals surface area contributed by atoms with Crippen LogP contribution in [0.3, 0.4) is 0 Å². The summed E-state index contributed by atoms with van der Waals surface area (Å²) in [6.07, 6.45) is 4.61. The number of hydrogen-bond acceptors (Lipinski definition) is 3. The molecule has 0 aliphatic rings. The second-order valence-corrected chi connectivity index (χ2v) is 5.52. The number of thioether (sulfide) groups is 1. The summed E-state index contributed by atoms with van der Waals surface area (Å²) in [5.74, 6) is 0. The minimum absolute atomic E-state index is 0.781. The molecule has 0 aliphatic heterocycles. The van der Waals surface area contributed by atoms with Gasteiger partial charge in [-0.2, -0.15) is 23.1 Å². The lowest BCUT2D eigenvalue weighted by Gasteiger charge is -2.08. The maximum atomic E-state index is 3.48. The van der Waals surface area contributed by atoms with Crippen LogP contribution in [0, 0.1) is 0 Å². The van der Waals surface area contributed by atoms with Crippen LogP contribution in [-0.2, 0) is 6.42 Å². The van der Waals surface area contributed by atoms with Gasteiger partial charge < -0.3 is 5.32 Å². The maximum absolute atomic E-state index is 3.48. The summed E-state index contributed by atoms with van der Waals surface area (Å²) in [5, 5.41) is 8.63. The second-order valence-electron chi connectivity index (χ2n) is 3.47. The highest BCUT2D eigenvalue weighted by molar-refractivity contribution is 7.99. The van der Waals surface area contributed by atoms with Gasteiger partial charge >= 0.3 is 0 Å². The Morgan fingerprint density at radius 3 is 3.00 bits per heavy atom. The van der Waals surface area contributed by atoms with E-state index in [2.05, 4.69) is 35.3 Å². The molecule has 0 saturated heterocycles. The van der Waals surface area contributed by atoms with E-state index in [4.69, 9.17) is 0 Å². The Labute approximate surface area is 95.3 Å². The minimum Gasteiger partial charge on any atom is -0.316 e. The topological polar surface area (TPSA) is 12.0 Å². The van der Waals surface area contributed by atoms with Gasteiger partial charge in [0.05, 0.1) is 0 Å². The first-order chi connectivity index (χ1) is 6.83. The predicted molar refractivity (Wildman–Crippen MR) is 68.5 cm³/mol. The standard InChI is InChI=1S/C11H19NS2/c1-10(13-2)3-6-12-7-4-11-5-8-14-9-11/h5,8-10,12H,3-4,6-7H2,1-2H3. The van der Waals surface area contributed by atoms with E-state index in [-0.39, 0.29) is 0 Å². The molecule has 0 spiro atoms. The zero-order chi connectivity index (χ0) is 10.2. The molecule has 1 rings (SSSR count). The summed E-state index contributed by atoms with van der Waals surface area (Å²) in [4.78, 5) is 0. The van der Waals surface area contributed by atoms with Crippen molar-refractivity contribution in [3.8, 4) is 0 Å². The average molecular weight is 229 g/mol. The van der Waals surface area contributed by atoms with E-state index < -0.39 is 0 Å². The highest BCUT2D eigenvalue weighted by Gasteiger charge is 1.98. The first kappa shape index (κ1) is 12.1. The van der Waals surface area contributed by atoms with Crippen LogP contribution in [-0.4, -0.2) is 24.6 Å². The molecule has 1 atom stereocenters. The fourth-order valence-electron chi connectivity index (χ4n) is 1.22. The number of hydrogen-bond donors (Lipinski definition) is 1. The highest BCUT2D eigenvalue weighted by atomic mass is 32.2. The van der Waals surface area contributed by atoms with E-state index in [9.17, 15) is 0 Å². The molecule has 1 unspecified atom stereocenters. The Balaban J connectivity index is 1.95. The molecule has 1 aromatic heterocycles. The van der Waals surface area contributed by atoms with Crippen molar-refractivity contribution in [2.45, 2.75) is 25.0 Å². The van der Waals surface area contributed by atoms with E-state index in [1.165, 1.54) is 12.0 Å². The molecule has 80 valence electrons. The summed E-state index contributed by atoms with van der Waals surface area (Å²) in [6, 6.07) is 2.21. The van der Waals surface area contributed by atoms with E-state index in [1.807, 2.05) is 11.8 Å². The lowest BCUT2D eigenvalue weighted by atomic mass is 10.2. The Bertz CT molecular complexity index is 221. The van der Waals surface area contributed by atoms with Crippen molar-refractivity contribution in [1.82, 2.24) is 5.32 Å². The monoisotopic (exact) mass is 229 g/mol. The Morgan fingerprint density at radius 2 is 2.36 bits per heavy atom. The van der Waals surface area contributed by atoms with Crippen LogP contribution in [0.4, 0.5) is 0 Å². The molecule has 0 aliphatic carbocycles. The molecule has 0 radical (unpaired) electrons. The SMILES string of the molecule is CSC(C)CCNCCc1ccsc1. The van der Waals surface area contributed by atoms with Crippen molar-refractivity contribution < 1.29 is 0 Å². The van der Waals surface area contributed by atoms with Crippen LogP contribution in [0.1, 0.15) is 18.9 Å². The predicted octanol–water partition coefficient (Wildman–Crippen LogP) is 3.02. The number of thiophene rings is 1. The molecule has 0 bridgehead atoms. The fourth-order valence-corrected chi connectivity index (χ4v) is 2.27. The molecular weight excluding hydrogens is 210 g/mol. The number of nitrogens with one attached hydrogen (secondary N) is 1. The molecule has 0 fully saturated rings. The molecule has 0 amide bonds. The van der Waals surface area contributed by atoms with Gasteiger partial charge in [0.1, 0.15) is 0 Å². The Morgan fingerprint density at radius 1 is 1.50 bits per heavy atom. The van der Waals surface area contributed by atoms with Crippen molar-refractivity contribution in [3.05, 3.63) is 22.4 Å². The summed E-state index contributed by atoms with van der Waals surface area (Å²) in [7, 11) is 0. The van der Waals surface area contributed by atoms with Gasteiger partial charge in [0.25, 0.3) is 0 Å². The molecule has 3 heteroatoms. The van der Waals surface area contributed by atoms with Crippen LogP contribution in [0.5, 0.6) is 0 Å². The molecule has 0 saturated carbocycles. The van der Waals surface area contributed by atoms with Gasteiger partial charge in [-0.3, -0.25) is 0 Å². The lowest BCUT2D eigenvalue weighted by molar-refractivity contribution is 0.647. The first-order valence-corrected chi connectivity index (χ1v) is 7.30. The van der Waals surface area contributed by atoms with Crippen LogP contribution in [0.15, 0.2) is 16.8 Å². The Hall–Kier alpha value is 0.01000. The van der Waals surface area contributed by atoms with Crippen LogP contribution in [0.2, 0.25) is 0 Å². The van der Waals surface area contributed by atoms with Crippen molar-refractivity contribution in [2.24, 2.45) is 0 Å². The smallest absolute Gasteiger partial charge is 0.00280 e. The van der Waals surface area contributed by atoms with Crippen LogP contribution < -0.4 is 5.32 Å². The van der Waals surface area contributed by atoms with Gasteiger partial charge in [-0.05, 0) is 54.6 Å². The molecule has 1 N–H and O–H groups in total. The van der Waals surface area contributed by atoms with E-state index in [1.54, 1.807) is 11.3 Å². The molecular formula is C11H19NS2. The average Bonchev–Trinajstić information content (AvgIpc) is 2.69. The maximum Gasteiger partial charge on any atom is 0.00280 e. The van der Waals surface area contributed by atoms with E-state index in [0.717, 1.165) is 24.8 Å². The Kier molecular flexibility index (Phi) is 6.32. The van der Waals surface area contributed by atoms with Crippen molar-refractivity contribution in [1.29, 1.82) is 0 Å². The van der Waals surface area contributed by atoms with Gasteiger partial charge in [-0.25, -0.2) is 0 Å². The molecule has 1 aromatic rings. The molecule has 1 nitrogen and oxygen atoms in total. The third-order valence-corrected chi connectivity index (χ3v) is 4.07. The van der Waals surface area contributed by atoms with Crippen LogP contribution in [0.25, 0.3) is 0 Å².